The van der Waals surface area contributed by atoms with Gasteiger partial charge in [-0.25, -0.2) is 0 Å². The Morgan fingerprint density at radius 3 is 3.05 bits per heavy atom. The second kappa shape index (κ2) is 6.90. The summed E-state index contributed by atoms with van der Waals surface area (Å²) >= 11 is 0. The van der Waals surface area contributed by atoms with E-state index >= 15 is 0 Å². The van der Waals surface area contributed by atoms with E-state index in [2.05, 4.69) is 42.0 Å². The molecule has 2 rings (SSSR count). The van der Waals surface area contributed by atoms with Crippen molar-refractivity contribution in [1.29, 1.82) is 0 Å². The van der Waals surface area contributed by atoms with Crippen LogP contribution in [0.25, 0.3) is 0 Å². The van der Waals surface area contributed by atoms with Gasteiger partial charge in [-0.2, -0.15) is 0 Å². The fourth-order valence-corrected chi connectivity index (χ4v) is 2.75. The van der Waals surface area contributed by atoms with E-state index < -0.39 is 0 Å². The quantitative estimate of drug-likeness (QED) is 0.883. The van der Waals surface area contributed by atoms with Crippen LogP contribution in [0, 0.1) is 11.8 Å². The summed E-state index contributed by atoms with van der Waals surface area (Å²) in [5.74, 6) is 1.49. The highest BCUT2D eigenvalue weighted by molar-refractivity contribution is 5.52. The molecule has 1 N–H and O–H groups in total. The first-order chi connectivity index (χ1) is 9.16. The molecule has 1 aromatic rings. The molecular weight excluding hydrogens is 234 g/mol. The van der Waals surface area contributed by atoms with Crippen LogP contribution in [0.3, 0.4) is 0 Å². The number of aromatic nitrogens is 1. The van der Waals surface area contributed by atoms with Crippen molar-refractivity contribution < 1.29 is 0 Å². The Morgan fingerprint density at radius 2 is 2.32 bits per heavy atom. The fraction of sp³-hybridized carbons (Fsp3) is 0.688. The number of nitrogens with zero attached hydrogens (tertiary/aromatic N) is 2. The van der Waals surface area contributed by atoms with E-state index in [1.807, 2.05) is 12.4 Å². The van der Waals surface area contributed by atoms with Gasteiger partial charge in [-0.1, -0.05) is 20.8 Å². The van der Waals surface area contributed by atoms with Crippen LogP contribution in [0.2, 0.25) is 0 Å². The summed E-state index contributed by atoms with van der Waals surface area (Å²) in [4.78, 5) is 6.83. The van der Waals surface area contributed by atoms with Crippen LogP contribution < -0.4 is 10.2 Å². The molecule has 3 heteroatoms. The highest BCUT2D eigenvalue weighted by Gasteiger charge is 2.18. The zero-order valence-electron chi connectivity index (χ0n) is 12.5. The van der Waals surface area contributed by atoms with Gasteiger partial charge >= 0.3 is 0 Å². The standard InChI is InChI=1S/C16H27N3/c1-13(2)9-18-10-15-6-7-17-11-16(15)19-8-4-5-14(3)12-19/h6-7,11,13-14,18H,4-5,8-10,12H2,1-3H3. The largest absolute Gasteiger partial charge is 0.370 e. The maximum Gasteiger partial charge on any atom is 0.0598 e. The van der Waals surface area contributed by atoms with Gasteiger partial charge in [0, 0.05) is 25.8 Å². The van der Waals surface area contributed by atoms with Crippen molar-refractivity contribution in [1.82, 2.24) is 10.3 Å². The van der Waals surface area contributed by atoms with E-state index in [0.717, 1.165) is 19.0 Å². The Bertz CT molecular complexity index is 389. The number of rotatable bonds is 5. The van der Waals surface area contributed by atoms with E-state index in [4.69, 9.17) is 0 Å². The summed E-state index contributed by atoms with van der Waals surface area (Å²) < 4.78 is 0. The molecule has 0 aliphatic carbocycles. The molecule has 19 heavy (non-hydrogen) atoms. The lowest BCUT2D eigenvalue weighted by atomic mass is 9.99. The molecule has 0 amide bonds. The van der Waals surface area contributed by atoms with Crippen molar-refractivity contribution in [2.75, 3.05) is 24.5 Å². The number of pyridine rings is 1. The predicted molar refractivity (Wildman–Crippen MR) is 81.4 cm³/mol. The topological polar surface area (TPSA) is 28.2 Å². The van der Waals surface area contributed by atoms with Crippen LogP contribution in [0.15, 0.2) is 18.5 Å². The second-order valence-electron chi connectivity index (χ2n) is 6.22. The molecule has 1 unspecified atom stereocenters. The van der Waals surface area contributed by atoms with Crippen LogP contribution in [0.5, 0.6) is 0 Å². The van der Waals surface area contributed by atoms with Gasteiger partial charge in [-0.3, -0.25) is 4.98 Å². The monoisotopic (exact) mass is 261 g/mol. The van der Waals surface area contributed by atoms with Gasteiger partial charge in [0.15, 0.2) is 0 Å². The molecule has 0 radical (unpaired) electrons. The van der Waals surface area contributed by atoms with Crippen LogP contribution in [-0.2, 0) is 6.54 Å². The molecule has 0 bridgehead atoms. The van der Waals surface area contributed by atoms with Crippen LogP contribution in [0.1, 0.15) is 39.2 Å². The normalized spacial score (nSPS) is 20.0. The fourth-order valence-electron chi connectivity index (χ4n) is 2.75. The van der Waals surface area contributed by atoms with Gasteiger partial charge in [0.2, 0.25) is 0 Å². The maximum absolute atomic E-state index is 4.32. The highest BCUT2D eigenvalue weighted by atomic mass is 15.1. The molecule has 1 aliphatic heterocycles. The van der Waals surface area contributed by atoms with Crippen molar-refractivity contribution in [3.63, 3.8) is 0 Å². The number of nitrogens with one attached hydrogen (secondary N) is 1. The summed E-state index contributed by atoms with van der Waals surface area (Å²) in [5.41, 5.74) is 2.70. The smallest absolute Gasteiger partial charge is 0.0598 e. The Hall–Kier alpha value is -1.09. The lowest BCUT2D eigenvalue weighted by Crippen LogP contribution is -2.35. The van der Waals surface area contributed by atoms with Crippen LogP contribution >= 0.6 is 0 Å². The minimum atomic E-state index is 0.695. The molecule has 106 valence electrons. The van der Waals surface area contributed by atoms with Gasteiger partial charge in [-0.05, 0) is 42.9 Å². The summed E-state index contributed by atoms with van der Waals surface area (Å²) in [6.07, 6.45) is 6.60. The molecular formula is C16H27N3. The van der Waals surface area contributed by atoms with Crippen LogP contribution in [0.4, 0.5) is 5.69 Å². The Kier molecular flexibility index (Phi) is 5.20. The van der Waals surface area contributed by atoms with Crippen molar-refractivity contribution in [3.05, 3.63) is 24.0 Å². The number of hydrogen-bond acceptors (Lipinski definition) is 3. The summed E-state index contributed by atoms with van der Waals surface area (Å²) in [5, 5.41) is 3.54. The van der Waals surface area contributed by atoms with E-state index in [1.54, 1.807) is 0 Å². The maximum atomic E-state index is 4.32. The van der Waals surface area contributed by atoms with Gasteiger partial charge < -0.3 is 10.2 Å². The predicted octanol–water partition coefficient (Wildman–Crippen LogP) is 3.06. The van der Waals surface area contributed by atoms with Gasteiger partial charge in [0.1, 0.15) is 0 Å². The third-order valence-electron chi connectivity index (χ3n) is 3.75. The second-order valence-corrected chi connectivity index (χ2v) is 6.22. The summed E-state index contributed by atoms with van der Waals surface area (Å²) in [7, 11) is 0. The first-order valence-electron chi connectivity index (χ1n) is 7.55. The molecule has 1 atom stereocenters. The van der Waals surface area contributed by atoms with Gasteiger partial charge in [0.25, 0.3) is 0 Å². The summed E-state index contributed by atoms with van der Waals surface area (Å²) in [6.45, 7) is 11.2. The number of piperidine rings is 1. The first-order valence-corrected chi connectivity index (χ1v) is 7.55. The SMILES string of the molecule is CC(C)CNCc1ccncc1N1CCCC(C)C1. The number of hydrogen-bond donors (Lipinski definition) is 1. The molecule has 1 aromatic heterocycles. The highest BCUT2D eigenvalue weighted by Crippen LogP contribution is 2.25. The van der Waals surface area contributed by atoms with Crippen molar-refractivity contribution in [3.8, 4) is 0 Å². The minimum Gasteiger partial charge on any atom is -0.370 e. The first kappa shape index (κ1) is 14.3. The zero-order valence-corrected chi connectivity index (χ0v) is 12.5. The molecule has 0 spiro atoms. The molecule has 3 nitrogen and oxygen atoms in total. The lowest BCUT2D eigenvalue weighted by molar-refractivity contribution is 0.445. The van der Waals surface area contributed by atoms with E-state index in [1.165, 1.54) is 37.2 Å². The molecule has 2 heterocycles. The Labute approximate surface area is 117 Å². The average Bonchev–Trinajstić information content (AvgIpc) is 2.39. The Morgan fingerprint density at radius 1 is 1.47 bits per heavy atom. The minimum absolute atomic E-state index is 0.695. The third-order valence-corrected chi connectivity index (χ3v) is 3.75. The zero-order chi connectivity index (χ0) is 13.7. The van der Waals surface area contributed by atoms with Crippen LogP contribution in [-0.4, -0.2) is 24.6 Å². The lowest BCUT2D eigenvalue weighted by Gasteiger charge is -2.33. The molecule has 0 saturated carbocycles. The van der Waals surface area contributed by atoms with Crippen molar-refractivity contribution in [2.24, 2.45) is 11.8 Å². The average molecular weight is 261 g/mol. The third kappa shape index (κ3) is 4.20. The molecule has 0 aromatic carbocycles. The Balaban J connectivity index is 2.02. The number of anilines is 1. The van der Waals surface area contributed by atoms with Crippen molar-refractivity contribution in [2.45, 2.75) is 40.2 Å². The molecule has 1 aliphatic rings. The molecule has 1 fully saturated rings. The van der Waals surface area contributed by atoms with Gasteiger partial charge in [-0.15, -0.1) is 0 Å². The van der Waals surface area contributed by atoms with Gasteiger partial charge in [0.05, 0.1) is 11.9 Å². The van der Waals surface area contributed by atoms with E-state index in [-0.39, 0.29) is 0 Å². The van der Waals surface area contributed by atoms with E-state index in [9.17, 15) is 0 Å². The summed E-state index contributed by atoms with van der Waals surface area (Å²) in [6, 6.07) is 2.15. The molecule has 1 saturated heterocycles. The van der Waals surface area contributed by atoms with Crippen molar-refractivity contribution >= 4 is 5.69 Å². The van der Waals surface area contributed by atoms with E-state index in [0.29, 0.717) is 5.92 Å².